The Hall–Kier alpha value is -3.68. The number of anilines is 3. The van der Waals surface area contributed by atoms with Crippen LogP contribution in [0.25, 0.3) is 11.3 Å². The molecule has 142 valence electrons. The smallest absolute Gasteiger partial charge is 0.294 e. The topological polar surface area (TPSA) is 106 Å². The number of aromatic nitrogens is 2. The number of carbonyl (C=O) groups is 2. The molecule has 0 saturated heterocycles. The minimum absolute atomic E-state index is 0.0844. The number of carbonyl (C=O) groups excluding carboxylic acids is 2. The van der Waals surface area contributed by atoms with E-state index in [-0.39, 0.29) is 23.6 Å². The number of nitrogens with zero attached hydrogens (tertiary/aromatic N) is 4. The molecule has 1 unspecified atom stereocenters. The molecule has 0 fully saturated rings. The Labute approximate surface area is 161 Å². The summed E-state index contributed by atoms with van der Waals surface area (Å²) < 4.78 is 5.29. The average Bonchev–Trinajstić information content (AvgIpc) is 3.21. The van der Waals surface area contributed by atoms with Crippen LogP contribution in [0.4, 0.5) is 17.2 Å². The molecule has 3 aromatic rings. The van der Waals surface area contributed by atoms with E-state index in [1.54, 1.807) is 28.1 Å². The first kappa shape index (κ1) is 17.7. The van der Waals surface area contributed by atoms with E-state index in [0.717, 1.165) is 5.56 Å². The van der Waals surface area contributed by atoms with Crippen molar-refractivity contribution in [2.24, 2.45) is 0 Å². The molecule has 8 heteroatoms. The number of hydrogen-bond acceptors (Lipinski definition) is 6. The van der Waals surface area contributed by atoms with Crippen LogP contribution in [0, 0.1) is 0 Å². The van der Waals surface area contributed by atoms with Gasteiger partial charge in [0.1, 0.15) is 5.82 Å². The van der Waals surface area contributed by atoms with Crippen molar-refractivity contribution in [2.45, 2.75) is 19.9 Å². The number of nitrogens with two attached hydrogens (primary N) is 1. The Bertz CT molecular complexity index is 1030. The molecule has 8 nitrogen and oxygen atoms in total. The van der Waals surface area contributed by atoms with Gasteiger partial charge >= 0.3 is 0 Å². The van der Waals surface area contributed by atoms with Crippen LogP contribution < -0.4 is 15.5 Å². The van der Waals surface area contributed by atoms with Crippen LogP contribution in [0.1, 0.15) is 24.4 Å². The van der Waals surface area contributed by atoms with Crippen LogP contribution >= 0.6 is 0 Å². The minimum atomic E-state index is -0.262. The van der Waals surface area contributed by atoms with Gasteiger partial charge in [-0.25, -0.2) is 4.98 Å². The first-order valence-electron chi connectivity index (χ1n) is 8.83. The monoisotopic (exact) mass is 377 g/mol. The molecular formula is C20H19N5O3. The highest BCUT2D eigenvalue weighted by Crippen LogP contribution is 2.39. The minimum Gasteiger partial charge on any atom is -0.459 e. The molecule has 2 aromatic heterocycles. The molecular weight excluding hydrogens is 358 g/mol. The average molecular weight is 377 g/mol. The molecule has 1 aliphatic heterocycles. The van der Waals surface area contributed by atoms with Gasteiger partial charge in [-0.3, -0.25) is 14.6 Å². The molecule has 0 aliphatic carbocycles. The number of furan rings is 1. The SMILES string of the molecule is CC(=O)N1c2ccc(-c3cnc(N)cn3)cc2N(C(=O)c2ccco2)CC1C. The molecule has 0 spiro atoms. The Kier molecular flexibility index (Phi) is 4.31. The van der Waals surface area contributed by atoms with Crippen molar-refractivity contribution in [1.29, 1.82) is 0 Å². The van der Waals surface area contributed by atoms with Gasteiger partial charge in [0, 0.05) is 19.0 Å². The third-order valence-electron chi connectivity index (χ3n) is 4.70. The Balaban J connectivity index is 1.84. The summed E-state index contributed by atoms with van der Waals surface area (Å²) in [6.07, 6.45) is 4.51. The van der Waals surface area contributed by atoms with Gasteiger partial charge < -0.3 is 20.0 Å². The third-order valence-corrected chi connectivity index (χ3v) is 4.70. The number of fused-ring (bicyclic) bond motifs is 1. The summed E-state index contributed by atoms with van der Waals surface area (Å²) in [7, 11) is 0. The maximum Gasteiger partial charge on any atom is 0.294 e. The van der Waals surface area contributed by atoms with E-state index in [2.05, 4.69) is 9.97 Å². The first-order valence-corrected chi connectivity index (χ1v) is 8.83. The maximum absolute atomic E-state index is 13.0. The van der Waals surface area contributed by atoms with Crippen LogP contribution in [-0.2, 0) is 4.79 Å². The summed E-state index contributed by atoms with van der Waals surface area (Å²) in [6, 6.07) is 8.62. The quantitative estimate of drug-likeness (QED) is 0.736. The van der Waals surface area contributed by atoms with Crippen molar-refractivity contribution in [1.82, 2.24) is 9.97 Å². The lowest BCUT2D eigenvalue weighted by Gasteiger charge is -2.40. The van der Waals surface area contributed by atoms with Gasteiger partial charge in [-0.05, 0) is 31.2 Å². The number of hydrogen-bond donors (Lipinski definition) is 1. The Morgan fingerprint density at radius 1 is 1.18 bits per heavy atom. The molecule has 0 saturated carbocycles. The van der Waals surface area contributed by atoms with Crippen LogP contribution in [0.2, 0.25) is 0 Å². The fourth-order valence-electron chi connectivity index (χ4n) is 3.48. The summed E-state index contributed by atoms with van der Waals surface area (Å²) >= 11 is 0. The van der Waals surface area contributed by atoms with Gasteiger partial charge in [0.25, 0.3) is 5.91 Å². The molecule has 2 N–H and O–H groups in total. The van der Waals surface area contributed by atoms with E-state index in [1.807, 2.05) is 25.1 Å². The fraction of sp³-hybridized carbons (Fsp3) is 0.200. The zero-order valence-corrected chi connectivity index (χ0v) is 15.5. The van der Waals surface area contributed by atoms with Crippen LogP contribution in [0.3, 0.4) is 0 Å². The molecule has 1 aromatic carbocycles. The standard InChI is InChI=1S/C20H19N5O3/c1-12-11-24(20(27)18-4-3-7-28-18)17-8-14(15-9-23-19(21)10-22-15)5-6-16(17)25(12)13(2)26/h3-10,12H,11H2,1-2H3,(H2,21,23). The van der Waals surface area contributed by atoms with Crippen molar-refractivity contribution in [2.75, 3.05) is 22.1 Å². The summed E-state index contributed by atoms with van der Waals surface area (Å²) in [5.74, 6) is 0.223. The van der Waals surface area contributed by atoms with Crippen LogP contribution in [0.5, 0.6) is 0 Å². The molecule has 3 heterocycles. The van der Waals surface area contributed by atoms with Gasteiger partial charge in [-0.2, -0.15) is 0 Å². The largest absolute Gasteiger partial charge is 0.459 e. The molecule has 4 rings (SSSR count). The number of nitrogen functional groups attached to an aromatic ring is 1. The van der Waals surface area contributed by atoms with Crippen LogP contribution in [-0.4, -0.2) is 34.4 Å². The van der Waals surface area contributed by atoms with Gasteiger partial charge in [0.2, 0.25) is 5.91 Å². The lowest BCUT2D eigenvalue weighted by molar-refractivity contribution is -0.117. The van der Waals surface area contributed by atoms with E-state index in [0.29, 0.717) is 29.4 Å². The number of rotatable bonds is 2. The number of amides is 2. The van der Waals surface area contributed by atoms with Gasteiger partial charge in [-0.1, -0.05) is 6.07 Å². The van der Waals surface area contributed by atoms with Gasteiger partial charge in [0.05, 0.1) is 41.8 Å². The van der Waals surface area contributed by atoms with Crippen molar-refractivity contribution < 1.29 is 14.0 Å². The lowest BCUT2D eigenvalue weighted by atomic mass is 10.0. The van der Waals surface area contributed by atoms with E-state index in [9.17, 15) is 9.59 Å². The van der Waals surface area contributed by atoms with E-state index in [1.165, 1.54) is 19.4 Å². The Morgan fingerprint density at radius 3 is 2.64 bits per heavy atom. The zero-order valence-electron chi connectivity index (χ0n) is 15.5. The third kappa shape index (κ3) is 2.98. The van der Waals surface area contributed by atoms with Gasteiger partial charge in [-0.15, -0.1) is 0 Å². The molecule has 0 bridgehead atoms. The van der Waals surface area contributed by atoms with Crippen LogP contribution in [0.15, 0.2) is 53.4 Å². The van der Waals surface area contributed by atoms with Crippen molar-refractivity contribution in [3.8, 4) is 11.3 Å². The predicted octanol–water partition coefficient (Wildman–Crippen LogP) is 2.72. The predicted molar refractivity (Wildman–Crippen MR) is 105 cm³/mol. The van der Waals surface area contributed by atoms with E-state index >= 15 is 0 Å². The molecule has 1 atom stereocenters. The van der Waals surface area contributed by atoms with Crippen molar-refractivity contribution in [3.63, 3.8) is 0 Å². The molecule has 28 heavy (non-hydrogen) atoms. The normalized spacial score (nSPS) is 16.0. The summed E-state index contributed by atoms with van der Waals surface area (Å²) in [5, 5.41) is 0. The molecule has 0 radical (unpaired) electrons. The number of benzene rings is 1. The van der Waals surface area contributed by atoms with Crippen molar-refractivity contribution >= 4 is 29.0 Å². The second-order valence-electron chi connectivity index (χ2n) is 6.66. The fourth-order valence-corrected chi connectivity index (χ4v) is 3.48. The zero-order chi connectivity index (χ0) is 19.8. The van der Waals surface area contributed by atoms with E-state index < -0.39 is 0 Å². The maximum atomic E-state index is 13.0. The summed E-state index contributed by atoms with van der Waals surface area (Å²) in [5.41, 5.74) is 8.28. The molecule has 2 amide bonds. The van der Waals surface area contributed by atoms with Gasteiger partial charge in [0.15, 0.2) is 5.76 Å². The second-order valence-corrected chi connectivity index (χ2v) is 6.66. The highest BCUT2D eigenvalue weighted by atomic mass is 16.3. The lowest BCUT2D eigenvalue weighted by Crippen LogP contribution is -2.51. The second kappa shape index (κ2) is 6.80. The Morgan fingerprint density at radius 2 is 2.00 bits per heavy atom. The highest BCUT2D eigenvalue weighted by molar-refractivity contribution is 6.09. The summed E-state index contributed by atoms with van der Waals surface area (Å²) in [6.45, 7) is 3.78. The van der Waals surface area contributed by atoms with Crippen molar-refractivity contribution in [3.05, 3.63) is 54.7 Å². The highest BCUT2D eigenvalue weighted by Gasteiger charge is 2.35. The van der Waals surface area contributed by atoms with E-state index in [4.69, 9.17) is 10.2 Å². The first-order chi connectivity index (χ1) is 13.5. The molecule has 1 aliphatic rings. The summed E-state index contributed by atoms with van der Waals surface area (Å²) in [4.78, 5) is 37.0.